The van der Waals surface area contributed by atoms with Crippen LogP contribution in [0.3, 0.4) is 0 Å². The Labute approximate surface area is 150 Å². The SMILES string of the molecule is Cc1ccc(N2CCN(C(=O)Nc3ccc(Cl)c(Cl)c3)C2=N)cc1. The van der Waals surface area contributed by atoms with Crippen LogP contribution < -0.4 is 10.2 Å². The molecule has 124 valence electrons. The zero-order valence-corrected chi connectivity index (χ0v) is 14.5. The summed E-state index contributed by atoms with van der Waals surface area (Å²) in [6.45, 7) is 3.03. The van der Waals surface area contributed by atoms with Gasteiger partial charge in [-0.25, -0.2) is 4.79 Å². The van der Waals surface area contributed by atoms with Gasteiger partial charge in [-0.3, -0.25) is 10.3 Å². The number of nitrogens with one attached hydrogen (secondary N) is 2. The fraction of sp³-hybridized carbons (Fsp3) is 0.176. The van der Waals surface area contributed by atoms with Crippen LogP contribution in [-0.4, -0.2) is 30.0 Å². The van der Waals surface area contributed by atoms with Crippen LogP contribution in [0.4, 0.5) is 16.2 Å². The third kappa shape index (κ3) is 3.32. The van der Waals surface area contributed by atoms with Crippen molar-refractivity contribution in [3.63, 3.8) is 0 Å². The third-order valence-electron chi connectivity index (χ3n) is 3.82. The summed E-state index contributed by atoms with van der Waals surface area (Å²) in [5.41, 5.74) is 2.59. The Morgan fingerprint density at radius 3 is 2.46 bits per heavy atom. The van der Waals surface area contributed by atoms with Gasteiger partial charge in [0.1, 0.15) is 0 Å². The van der Waals surface area contributed by atoms with E-state index in [1.54, 1.807) is 23.1 Å². The standard InChI is InChI=1S/C17H16Cl2N4O/c1-11-2-5-13(6-3-11)22-8-9-23(16(22)20)17(24)21-12-4-7-14(18)15(19)10-12/h2-7,10,20H,8-9H2,1H3,(H,21,24). The summed E-state index contributed by atoms with van der Waals surface area (Å²) in [6, 6.07) is 12.4. The first kappa shape index (κ1) is 16.6. The van der Waals surface area contributed by atoms with Crippen LogP contribution in [-0.2, 0) is 0 Å². The number of guanidine groups is 1. The highest BCUT2D eigenvalue weighted by Gasteiger charge is 2.30. The minimum atomic E-state index is -0.368. The van der Waals surface area contributed by atoms with Crippen molar-refractivity contribution < 1.29 is 4.79 Å². The lowest BCUT2D eigenvalue weighted by Gasteiger charge is -2.21. The van der Waals surface area contributed by atoms with E-state index in [9.17, 15) is 4.79 Å². The molecule has 2 amide bonds. The van der Waals surface area contributed by atoms with Gasteiger partial charge in [0.15, 0.2) is 0 Å². The smallest absolute Gasteiger partial charge is 0.311 e. The van der Waals surface area contributed by atoms with E-state index < -0.39 is 0 Å². The molecule has 0 radical (unpaired) electrons. The quantitative estimate of drug-likeness (QED) is 0.820. The summed E-state index contributed by atoms with van der Waals surface area (Å²) >= 11 is 11.8. The number of benzene rings is 2. The van der Waals surface area contributed by atoms with Gasteiger partial charge in [0.25, 0.3) is 0 Å². The van der Waals surface area contributed by atoms with E-state index >= 15 is 0 Å². The van der Waals surface area contributed by atoms with E-state index in [-0.39, 0.29) is 12.0 Å². The largest absolute Gasteiger partial charge is 0.328 e. The van der Waals surface area contributed by atoms with Crippen molar-refractivity contribution in [3.8, 4) is 0 Å². The van der Waals surface area contributed by atoms with Gasteiger partial charge in [-0.05, 0) is 37.3 Å². The lowest BCUT2D eigenvalue weighted by atomic mass is 10.2. The highest BCUT2D eigenvalue weighted by molar-refractivity contribution is 6.42. The third-order valence-corrected chi connectivity index (χ3v) is 4.56. The minimum absolute atomic E-state index is 0.149. The van der Waals surface area contributed by atoms with Gasteiger partial charge in [0.05, 0.1) is 10.0 Å². The Bertz CT molecular complexity index is 792. The Kier molecular flexibility index (Phi) is 4.64. The average Bonchev–Trinajstić information content (AvgIpc) is 2.93. The van der Waals surface area contributed by atoms with Crippen LogP contribution in [0, 0.1) is 12.3 Å². The van der Waals surface area contributed by atoms with Crippen LogP contribution in [0.15, 0.2) is 42.5 Å². The molecule has 0 saturated carbocycles. The van der Waals surface area contributed by atoms with E-state index in [4.69, 9.17) is 28.6 Å². The van der Waals surface area contributed by atoms with Crippen LogP contribution in [0.25, 0.3) is 0 Å². The number of halogens is 2. The number of amides is 2. The minimum Gasteiger partial charge on any atom is -0.311 e. The molecule has 0 bridgehead atoms. The van der Waals surface area contributed by atoms with Gasteiger partial charge < -0.3 is 10.2 Å². The molecule has 7 heteroatoms. The van der Waals surface area contributed by atoms with Gasteiger partial charge >= 0.3 is 6.03 Å². The fourth-order valence-electron chi connectivity index (χ4n) is 2.50. The number of urea groups is 1. The lowest BCUT2D eigenvalue weighted by Crippen LogP contribution is -2.39. The Morgan fingerprint density at radius 2 is 1.79 bits per heavy atom. The molecule has 0 unspecified atom stereocenters. The number of carbonyl (C=O) groups is 1. The number of aryl methyl sites for hydroxylation is 1. The van der Waals surface area contributed by atoms with Gasteiger partial charge in [-0.1, -0.05) is 40.9 Å². The first-order valence-corrected chi connectivity index (χ1v) is 8.17. The first-order chi connectivity index (χ1) is 11.5. The highest BCUT2D eigenvalue weighted by atomic mass is 35.5. The summed E-state index contributed by atoms with van der Waals surface area (Å²) in [7, 11) is 0. The number of nitrogens with zero attached hydrogens (tertiary/aromatic N) is 2. The summed E-state index contributed by atoms with van der Waals surface area (Å²) in [6.07, 6.45) is 0. The molecule has 0 spiro atoms. The van der Waals surface area contributed by atoms with Crippen LogP contribution in [0.5, 0.6) is 0 Å². The monoisotopic (exact) mass is 362 g/mol. The molecule has 1 fully saturated rings. The summed E-state index contributed by atoms with van der Waals surface area (Å²) in [5, 5.41) is 11.8. The van der Waals surface area contributed by atoms with Gasteiger partial charge in [-0.2, -0.15) is 0 Å². The van der Waals surface area contributed by atoms with Gasteiger partial charge in [0, 0.05) is 24.5 Å². The molecule has 1 heterocycles. The zero-order valence-electron chi connectivity index (χ0n) is 13.0. The topological polar surface area (TPSA) is 59.4 Å². The number of hydrogen-bond donors (Lipinski definition) is 2. The van der Waals surface area contributed by atoms with Crippen molar-refractivity contribution in [2.24, 2.45) is 0 Å². The van der Waals surface area contributed by atoms with E-state index in [0.717, 1.165) is 11.3 Å². The van der Waals surface area contributed by atoms with Crippen molar-refractivity contribution in [3.05, 3.63) is 58.1 Å². The molecule has 0 aliphatic carbocycles. The highest BCUT2D eigenvalue weighted by Crippen LogP contribution is 2.26. The summed E-state index contributed by atoms with van der Waals surface area (Å²) < 4.78 is 0. The molecule has 1 aliphatic heterocycles. The Balaban J connectivity index is 1.71. The van der Waals surface area contributed by atoms with E-state index in [2.05, 4.69) is 5.32 Å². The van der Waals surface area contributed by atoms with E-state index in [1.807, 2.05) is 31.2 Å². The molecule has 24 heavy (non-hydrogen) atoms. The van der Waals surface area contributed by atoms with E-state index in [0.29, 0.717) is 28.8 Å². The normalized spacial score (nSPS) is 14.2. The molecule has 0 atom stereocenters. The summed E-state index contributed by atoms with van der Waals surface area (Å²) in [5.74, 6) is 0.149. The number of hydrogen-bond acceptors (Lipinski definition) is 2. The van der Waals surface area contributed by atoms with Crippen molar-refractivity contribution >= 4 is 46.6 Å². The maximum Gasteiger partial charge on any atom is 0.328 e. The zero-order chi connectivity index (χ0) is 17.3. The van der Waals surface area contributed by atoms with Crippen LogP contribution >= 0.6 is 23.2 Å². The van der Waals surface area contributed by atoms with Crippen molar-refractivity contribution in [2.45, 2.75) is 6.92 Å². The predicted octanol–water partition coefficient (Wildman–Crippen LogP) is 4.59. The molecular formula is C17H16Cl2N4O. The molecule has 3 rings (SSSR count). The van der Waals surface area contributed by atoms with Crippen LogP contribution in [0.2, 0.25) is 10.0 Å². The lowest BCUT2D eigenvalue weighted by molar-refractivity contribution is 0.236. The molecule has 1 aliphatic rings. The average molecular weight is 363 g/mol. The second kappa shape index (κ2) is 6.71. The van der Waals surface area contributed by atoms with Crippen molar-refractivity contribution in [1.82, 2.24) is 4.90 Å². The summed E-state index contributed by atoms with van der Waals surface area (Å²) in [4.78, 5) is 15.6. The van der Waals surface area contributed by atoms with E-state index in [1.165, 1.54) is 4.90 Å². The second-order valence-corrected chi connectivity index (χ2v) is 6.34. The molecule has 2 aromatic rings. The number of carbonyl (C=O) groups excluding carboxylic acids is 1. The molecule has 2 aromatic carbocycles. The fourth-order valence-corrected chi connectivity index (χ4v) is 2.79. The molecule has 1 saturated heterocycles. The predicted molar refractivity (Wildman–Crippen MR) is 98.4 cm³/mol. The number of rotatable bonds is 2. The maximum atomic E-state index is 12.4. The molecule has 0 aromatic heterocycles. The van der Waals surface area contributed by atoms with Gasteiger partial charge in [0.2, 0.25) is 5.96 Å². The van der Waals surface area contributed by atoms with Crippen molar-refractivity contribution in [2.75, 3.05) is 23.3 Å². The molecule has 2 N–H and O–H groups in total. The Hall–Kier alpha value is -2.24. The Morgan fingerprint density at radius 1 is 1.08 bits per heavy atom. The number of anilines is 2. The van der Waals surface area contributed by atoms with Crippen LogP contribution in [0.1, 0.15) is 5.56 Å². The molecule has 5 nitrogen and oxygen atoms in total. The second-order valence-electron chi connectivity index (χ2n) is 5.52. The first-order valence-electron chi connectivity index (χ1n) is 7.42. The van der Waals surface area contributed by atoms with Gasteiger partial charge in [-0.15, -0.1) is 0 Å². The van der Waals surface area contributed by atoms with Crippen molar-refractivity contribution in [1.29, 1.82) is 5.41 Å². The maximum absolute atomic E-state index is 12.4. The molecular weight excluding hydrogens is 347 g/mol.